The van der Waals surface area contributed by atoms with Crippen molar-refractivity contribution in [2.45, 2.75) is 33.7 Å². The molecule has 0 amide bonds. The van der Waals surface area contributed by atoms with Crippen LogP contribution in [0.5, 0.6) is 0 Å². The third-order valence-corrected chi connectivity index (χ3v) is 2.90. The molecule has 112 valence electrons. The van der Waals surface area contributed by atoms with Crippen molar-refractivity contribution in [2.75, 3.05) is 17.2 Å². The van der Waals surface area contributed by atoms with Crippen molar-refractivity contribution >= 4 is 11.8 Å². The fourth-order valence-electron chi connectivity index (χ4n) is 1.95. The fourth-order valence-corrected chi connectivity index (χ4v) is 1.95. The van der Waals surface area contributed by atoms with E-state index in [-0.39, 0.29) is 0 Å². The van der Waals surface area contributed by atoms with E-state index in [0.29, 0.717) is 17.9 Å². The third kappa shape index (κ3) is 4.74. The number of hydrogen-bond acceptors (Lipinski definition) is 4. The highest BCUT2D eigenvalue weighted by Gasteiger charge is 2.07. The molecule has 2 aromatic rings. The summed E-state index contributed by atoms with van der Waals surface area (Å²) in [7, 11) is 0. The van der Waals surface area contributed by atoms with Crippen LogP contribution in [0.1, 0.15) is 27.7 Å². The van der Waals surface area contributed by atoms with Crippen molar-refractivity contribution in [1.29, 1.82) is 0 Å². The quantitative estimate of drug-likeness (QED) is 0.840. The molecule has 0 saturated heterocycles. The molecule has 21 heavy (non-hydrogen) atoms. The smallest absolute Gasteiger partial charge is 0.225 e. The van der Waals surface area contributed by atoms with Crippen LogP contribution in [-0.2, 0) is 0 Å². The molecule has 1 heterocycles. The van der Waals surface area contributed by atoms with Gasteiger partial charge in [-0.15, -0.1) is 0 Å². The molecule has 0 radical (unpaired) electrons. The number of hydrogen-bond donors (Lipinski definition) is 2. The van der Waals surface area contributed by atoms with Crippen LogP contribution < -0.4 is 10.6 Å². The van der Waals surface area contributed by atoms with Gasteiger partial charge in [0.05, 0.1) is 5.69 Å². The molecule has 2 rings (SSSR count). The first kappa shape index (κ1) is 15.3. The summed E-state index contributed by atoms with van der Waals surface area (Å²) >= 11 is 0. The summed E-state index contributed by atoms with van der Waals surface area (Å²) < 4.78 is 0. The molecular weight excluding hydrogens is 260 g/mol. The molecule has 0 aliphatic rings. The van der Waals surface area contributed by atoms with Crippen LogP contribution in [0, 0.1) is 5.92 Å². The summed E-state index contributed by atoms with van der Waals surface area (Å²) in [6, 6.07) is 12.5. The molecule has 1 aromatic carbocycles. The number of nitrogens with zero attached hydrogens (tertiary/aromatic N) is 2. The molecule has 0 spiro atoms. The monoisotopic (exact) mass is 284 g/mol. The van der Waals surface area contributed by atoms with Crippen LogP contribution in [0.15, 0.2) is 36.4 Å². The molecule has 0 unspecified atom stereocenters. The first-order valence-corrected chi connectivity index (χ1v) is 7.49. The number of rotatable bonds is 6. The Morgan fingerprint density at radius 2 is 1.71 bits per heavy atom. The van der Waals surface area contributed by atoms with Gasteiger partial charge in [0.25, 0.3) is 0 Å². The van der Waals surface area contributed by atoms with Gasteiger partial charge in [-0.2, -0.15) is 4.98 Å². The maximum Gasteiger partial charge on any atom is 0.225 e. The second-order valence-corrected chi connectivity index (χ2v) is 5.90. The Hall–Kier alpha value is -2.10. The summed E-state index contributed by atoms with van der Waals surface area (Å²) in [5, 5.41) is 6.66. The lowest BCUT2D eigenvalue weighted by atomic mass is 10.1. The highest BCUT2D eigenvalue weighted by atomic mass is 15.1. The molecular formula is C17H24N4. The van der Waals surface area contributed by atoms with Gasteiger partial charge in [-0.3, -0.25) is 0 Å². The van der Waals surface area contributed by atoms with Gasteiger partial charge in [-0.05, 0) is 19.8 Å². The molecule has 4 heteroatoms. The van der Waals surface area contributed by atoms with Gasteiger partial charge in [-0.25, -0.2) is 4.98 Å². The minimum Gasteiger partial charge on any atom is -0.368 e. The Bertz CT molecular complexity index is 564. The van der Waals surface area contributed by atoms with Crippen LogP contribution >= 0.6 is 0 Å². The van der Waals surface area contributed by atoms with Crippen LogP contribution in [0.4, 0.5) is 11.8 Å². The van der Waals surface area contributed by atoms with Crippen LogP contribution in [0.2, 0.25) is 0 Å². The second-order valence-electron chi connectivity index (χ2n) is 5.90. The average molecular weight is 284 g/mol. The molecule has 0 atom stereocenters. The Labute approximate surface area is 127 Å². The van der Waals surface area contributed by atoms with Crippen molar-refractivity contribution in [2.24, 2.45) is 5.92 Å². The highest BCUT2D eigenvalue weighted by molar-refractivity contribution is 5.64. The minimum atomic E-state index is 0.335. The van der Waals surface area contributed by atoms with E-state index in [0.717, 1.165) is 23.6 Å². The predicted molar refractivity (Wildman–Crippen MR) is 89.6 cm³/mol. The van der Waals surface area contributed by atoms with Crippen LogP contribution in [0.3, 0.4) is 0 Å². The summed E-state index contributed by atoms with van der Waals surface area (Å²) in [6.07, 6.45) is 0. The zero-order valence-corrected chi connectivity index (χ0v) is 13.2. The molecule has 2 N–H and O–H groups in total. The van der Waals surface area contributed by atoms with Gasteiger partial charge >= 0.3 is 0 Å². The van der Waals surface area contributed by atoms with E-state index < -0.39 is 0 Å². The highest BCUT2D eigenvalue weighted by Crippen LogP contribution is 2.21. The lowest BCUT2D eigenvalue weighted by Crippen LogP contribution is -2.15. The van der Waals surface area contributed by atoms with E-state index in [9.17, 15) is 0 Å². The Kier molecular flexibility index (Phi) is 5.14. The maximum absolute atomic E-state index is 4.62. The zero-order chi connectivity index (χ0) is 15.2. The van der Waals surface area contributed by atoms with Gasteiger partial charge in [0.2, 0.25) is 5.95 Å². The summed E-state index contributed by atoms with van der Waals surface area (Å²) in [4.78, 5) is 9.16. The Morgan fingerprint density at radius 3 is 2.33 bits per heavy atom. The average Bonchev–Trinajstić information content (AvgIpc) is 2.45. The van der Waals surface area contributed by atoms with Crippen molar-refractivity contribution in [3.63, 3.8) is 0 Å². The molecule has 4 nitrogen and oxygen atoms in total. The SMILES string of the molecule is CC(C)CNc1nc(NC(C)C)cc(-c2ccccc2)n1. The number of nitrogens with one attached hydrogen (secondary N) is 2. The summed E-state index contributed by atoms with van der Waals surface area (Å²) in [5.74, 6) is 2.08. The van der Waals surface area contributed by atoms with Crippen molar-refractivity contribution < 1.29 is 0 Å². The number of benzene rings is 1. The largest absolute Gasteiger partial charge is 0.368 e. The van der Waals surface area contributed by atoms with Gasteiger partial charge in [-0.1, -0.05) is 44.2 Å². The molecule has 1 aromatic heterocycles. The lowest BCUT2D eigenvalue weighted by Gasteiger charge is -2.14. The minimum absolute atomic E-state index is 0.335. The molecule has 0 aliphatic carbocycles. The summed E-state index contributed by atoms with van der Waals surface area (Å²) in [5.41, 5.74) is 2.03. The lowest BCUT2D eigenvalue weighted by molar-refractivity contribution is 0.684. The van der Waals surface area contributed by atoms with E-state index in [1.54, 1.807) is 0 Å². The third-order valence-electron chi connectivity index (χ3n) is 2.90. The maximum atomic E-state index is 4.62. The van der Waals surface area contributed by atoms with Gasteiger partial charge in [0.1, 0.15) is 5.82 Å². The number of aromatic nitrogens is 2. The zero-order valence-electron chi connectivity index (χ0n) is 13.2. The van der Waals surface area contributed by atoms with E-state index in [4.69, 9.17) is 0 Å². The van der Waals surface area contributed by atoms with Crippen molar-refractivity contribution in [1.82, 2.24) is 9.97 Å². The Morgan fingerprint density at radius 1 is 1.00 bits per heavy atom. The fraction of sp³-hybridized carbons (Fsp3) is 0.412. The van der Waals surface area contributed by atoms with E-state index in [2.05, 4.69) is 60.4 Å². The topological polar surface area (TPSA) is 49.8 Å². The van der Waals surface area contributed by atoms with E-state index in [1.807, 2.05) is 24.3 Å². The van der Waals surface area contributed by atoms with E-state index >= 15 is 0 Å². The van der Waals surface area contributed by atoms with Gasteiger partial charge in [0.15, 0.2) is 0 Å². The second kappa shape index (κ2) is 7.07. The standard InChI is InChI=1S/C17H24N4/c1-12(2)11-18-17-20-15(14-8-6-5-7-9-14)10-16(21-17)19-13(3)4/h5-10,12-13H,11H2,1-4H3,(H2,18,19,20,21). The van der Waals surface area contributed by atoms with Crippen molar-refractivity contribution in [3.05, 3.63) is 36.4 Å². The van der Waals surface area contributed by atoms with Gasteiger partial charge < -0.3 is 10.6 Å². The van der Waals surface area contributed by atoms with Crippen LogP contribution in [0.25, 0.3) is 11.3 Å². The number of anilines is 2. The van der Waals surface area contributed by atoms with Gasteiger partial charge in [0, 0.05) is 24.2 Å². The predicted octanol–water partition coefficient (Wildman–Crippen LogP) is 4.03. The molecule has 0 bridgehead atoms. The Balaban J connectivity index is 2.32. The van der Waals surface area contributed by atoms with E-state index in [1.165, 1.54) is 0 Å². The molecule has 0 saturated carbocycles. The first-order chi connectivity index (χ1) is 10.0. The molecule has 0 aliphatic heterocycles. The first-order valence-electron chi connectivity index (χ1n) is 7.49. The van der Waals surface area contributed by atoms with Crippen molar-refractivity contribution in [3.8, 4) is 11.3 Å². The van der Waals surface area contributed by atoms with Crippen LogP contribution in [-0.4, -0.2) is 22.6 Å². The summed E-state index contributed by atoms with van der Waals surface area (Å²) in [6.45, 7) is 9.40. The normalized spacial score (nSPS) is 11.0. The molecule has 0 fully saturated rings.